The fourth-order valence-corrected chi connectivity index (χ4v) is 1.13. The van der Waals surface area contributed by atoms with Crippen LogP contribution in [-0.2, 0) is 0 Å². The Balaban J connectivity index is 2.42. The molecule has 0 aliphatic carbocycles. The van der Waals surface area contributed by atoms with Crippen molar-refractivity contribution in [2.45, 2.75) is 19.8 Å². The van der Waals surface area contributed by atoms with Gasteiger partial charge in [-0.05, 0) is 25.8 Å². The number of aliphatic hydroxyl groups excluding tert-OH is 1. The molecule has 1 aliphatic heterocycles. The van der Waals surface area contributed by atoms with E-state index in [-0.39, 0.29) is 0 Å². The molecular formula is C7H13NO. The van der Waals surface area contributed by atoms with E-state index < -0.39 is 0 Å². The van der Waals surface area contributed by atoms with Gasteiger partial charge in [-0.2, -0.15) is 0 Å². The summed E-state index contributed by atoms with van der Waals surface area (Å²) < 4.78 is 0. The number of hydrogen-bond donors (Lipinski definition) is 1. The molecule has 2 heteroatoms. The number of aliphatic hydroxyl groups is 1. The zero-order chi connectivity index (χ0) is 6.69. The predicted molar refractivity (Wildman–Crippen MR) is 37.2 cm³/mol. The first-order valence-corrected chi connectivity index (χ1v) is 3.45. The Labute approximate surface area is 55.8 Å². The maximum absolute atomic E-state index is 9.14. The summed E-state index contributed by atoms with van der Waals surface area (Å²) in [5.41, 5.74) is 0. The molecule has 0 unspecified atom stereocenters. The van der Waals surface area contributed by atoms with E-state index in [1.807, 2.05) is 11.8 Å². The highest BCUT2D eigenvalue weighted by Crippen LogP contribution is 2.11. The van der Waals surface area contributed by atoms with Gasteiger partial charge in [-0.25, -0.2) is 0 Å². The maximum Gasteiger partial charge on any atom is 0.182 e. The third-order valence-corrected chi connectivity index (χ3v) is 1.69. The monoisotopic (exact) mass is 127 g/mol. The van der Waals surface area contributed by atoms with E-state index in [0.717, 1.165) is 13.1 Å². The van der Waals surface area contributed by atoms with Crippen LogP contribution in [0.3, 0.4) is 0 Å². The summed E-state index contributed by atoms with van der Waals surface area (Å²) in [6.45, 7) is 3.90. The molecular weight excluding hydrogens is 114 g/mol. The van der Waals surface area contributed by atoms with Crippen LogP contribution in [0.5, 0.6) is 0 Å². The lowest BCUT2D eigenvalue weighted by Gasteiger charge is -2.14. The fraction of sp³-hybridized carbons (Fsp3) is 0.714. The van der Waals surface area contributed by atoms with Crippen molar-refractivity contribution < 1.29 is 5.11 Å². The van der Waals surface area contributed by atoms with Crippen LogP contribution in [0.25, 0.3) is 0 Å². The second kappa shape index (κ2) is 2.76. The molecule has 0 aromatic heterocycles. The van der Waals surface area contributed by atoms with E-state index in [9.17, 15) is 0 Å². The lowest BCUT2D eigenvalue weighted by molar-refractivity contribution is 0.232. The highest BCUT2D eigenvalue weighted by molar-refractivity contribution is 4.89. The summed E-state index contributed by atoms with van der Waals surface area (Å²) in [7, 11) is 0. The molecule has 1 saturated heterocycles. The molecule has 1 fully saturated rings. The molecule has 0 saturated carbocycles. The minimum atomic E-state index is 0.438. The molecule has 9 heavy (non-hydrogen) atoms. The lowest BCUT2D eigenvalue weighted by atomic mass is 10.4. The number of rotatable bonds is 1. The third-order valence-electron chi connectivity index (χ3n) is 1.69. The van der Waals surface area contributed by atoms with E-state index in [1.165, 1.54) is 12.8 Å². The number of hydrogen-bond acceptors (Lipinski definition) is 2. The fourth-order valence-electron chi connectivity index (χ4n) is 1.13. The van der Waals surface area contributed by atoms with Crippen LogP contribution in [0.2, 0.25) is 0 Å². The molecule has 0 atom stereocenters. The van der Waals surface area contributed by atoms with Gasteiger partial charge in [0.1, 0.15) is 0 Å². The molecule has 0 bridgehead atoms. The molecule has 0 amide bonds. The second-order valence-corrected chi connectivity index (χ2v) is 2.34. The highest BCUT2D eigenvalue weighted by atomic mass is 16.3. The van der Waals surface area contributed by atoms with E-state index >= 15 is 0 Å². The Morgan fingerprint density at radius 2 is 2.00 bits per heavy atom. The van der Waals surface area contributed by atoms with Gasteiger partial charge in [-0.1, -0.05) is 0 Å². The van der Waals surface area contributed by atoms with Gasteiger partial charge in [0.15, 0.2) is 5.88 Å². The largest absolute Gasteiger partial charge is 0.495 e. The molecule has 1 aliphatic rings. The molecule has 1 heterocycles. The standard InChI is InChI=1S/C7H13NO/c1-2-7(9)8-5-3-4-6-8/h2,9H,3-6H2,1H3/b7-2-. The van der Waals surface area contributed by atoms with Crippen molar-refractivity contribution in [2.75, 3.05) is 13.1 Å². The van der Waals surface area contributed by atoms with Gasteiger partial charge < -0.3 is 10.0 Å². The van der Waals surface area contributed by atoms with Crippen molar-refractivity contribution in [1.29, 1.82) is 0 Å². The van der Waals surface area contributed by atoms with Gasteiger partial charge in [0.2, 0.25) is 0 Å². The highest BCUT2D eigenvalue weighted by Gasteiger charge is 2.11. The van der Waals surface area contributed by atoms with Gasteiger partial charge in [-0.15, -0.1) is 0 Å². The molecule has 2 nitrogen and oxygen atoms in total. The predicted octanol–water partition coefficient (Wildman–Crippen LogP) is 1.50. The Bertz CT molecular complexity index is 114. The van der Waals surface area contributed by atoms with Gasteiger partial charge in [0, 0.05) is 13.1 Å². The Morgan fingerprint density at radius 1 is 1.44 bits per heavy atom. The number of allylic oxidation sites excluding steroid dienone is 1. The quantitative estimate of drug-likeness (QED) is 0.539. The van der Waals surface area contributed by atoms with Crippen molar-refractivity contribution in [3.63, 3.8) is 0 Å². The van der Waals surface area contributed by atoms with Crippen molar-refractivity contribution >= 4 is 0 Å². The van der Waals surface area contributed by atoms with Crippen LogP contribution < -0.4 is 0 Å². The van der Waals surface area contributed by atoms with Crippen LogP contribution in [-0.4, -0.2) is 23.1 Å². The molecule has 0 aromatic rings. The van der Waals surface area contributed by atoms with Crippen molar-refractivity contribution in [3.05, 3.63) is 12.0 Å². The average molecular weight is 127 g/mol. The first-order valence-electron chi connectivity index (χ1n) is 3.45. The minimum Gasteiger partial charge on any atom is -0.495 e. The van der Waals surface area contributed by atoms with Crippen molar-refractivity contribution in [2.24, 2.45) is 0 Å². The summed E-state index contributed by atoms with van der Waals surface area (Å²) in [4.78, 5) is 2.00. The molecule has 0 aromatic carbocycles. The third kappa shape index (κ3) is 1.37. The molecule has 0 radical (unpaired) electrons. The van der Waals surface area contributed by atoms with E-state index in [2.05, 4.69) is 0 Å². The normalized spacial score (nSPS) is 21.0. The van der Waals surface area contributed by atoms with Crippen LogP contribution >= 0.6 is 0 Å². The lowest BCUT2D eigenvalue weighted by Crippen LogP contribution is -2.17. The van der Waals surface area contributed by atoms with Gasteiger partial charge in [-0.3, -0.25) is 0 Å². The Morgan fingerprint density at radius 3 is 2.44 bits per heavy atom. The van der Waals surface area contributed by atoms with Crippen molar-refractivity contribution in [3.8, 4) is 0 Å². The summed E-state index contributed by atoms with van der Waals surface area (Å²) in [6, 6.07) is 0. The number of nitrogens with zero attached hydrogens (tertiary/aromatic N) is 1. The smallest absolute Gasteiger partial charge is 0.182 e. The summed E-state index contributed by atoms with van der Waals surface area (Å²) in [6.07, 6.45) is 4.18. The SMILES string of the molecule is C/C=C(\O)N1CCCC1. The topological polar surface area (TPSA) is 23.5 Å². The van der Waals surface area contributed by atoms with Crippen LogP contribution in [0.4, 0.5) is 0 Å². The molecule has 0 spiro atoms. The first kappa shape index (κ1) is 6.46. The Kier molecular flexibility index (Phi) is 1.98. The van der Waals surface area contributed by atoms with Crippen LogP contribution in [0, 0.1) is 0 Å². The van der Waals surface area contributed by atoms with E-state index in [0.29, 0.717) is 5.88 Å². The van der Waals surface area contributed by atoms with Crippen molar-refractivity contribution in [1.82, 2.24) is 4.90 Å². The summed E-state index contributed by atoms with van der Waals surface area (Å²) in [5.74, 6) is 0.438. The molecule has 1 N–H and O–H groups in total. The number of likely N-dealkylation sites (tertiary alicyclic amines) is 1. The Hall–Kier alpha value is -0.660. The van der Waals surface area contributed by atoms with Gasteiger partial charge in [0.05, 0.1) is 0 Å². The maximum atomic E-state index is 9.14. The summed E-state index contributed by atoms with van der Waals surface area (Å²) in [5, 5.41) is 9.14. The second-order valence-electron chi connectivity index (χ2n) is 2.34. The average Bonchev–Trinajstić information content (AvgIpc) is 2.37. The van der Waals surface area contributed by atoms with Gasteiger partial charge >= 0.3 is 0 Å². The zero-order valence-electron chi connectivity index (χ0n) is 5.80. The summed E-state index contributed by atoms with van der Waals surface area (Å²) >= 11 is 0. The minimum absolute atomic E-state index is 0.438. The van der Waals surface area contributed by atoms with Crippen LogP contribution in [0.1, 0.15) is 19.8 Å². The van der Waals surface area contributed by atoms with E-state index in [4.69, 9.17) is 5.11 Å². The first-order chi connectivity index (χ1) is 4.34. The zero-order valence-corrected chi connectivity index (χ0v) is 5.80. The van der Waals surface area contributed by atoms with E-state index in [1.54, 1.807) is 6.08 Å². The molecule has 52 valence electrons. The van der Waals surface area contributed by atoms with Gasteiger partial charge in [0.25, 0.3) is 0 Å². The molecule has 1 rings (SSSR count). The van der Waals surface area contributed by atoms with Crippen LogP contribution in [0.15, 0.2) is 12.0 Å².